The maximum atomic E-state index is 11.9. The van der Waals surface area contributed by atoms with Crippen LogP contribution in [0.5, 0.6) is 0 Å². The number of amides is 1. The summed E-state index contributed by atoms with van der Waals surface area (Å²) in [6.45, 7) is 4.68. The summed E-state index contributed by atoms with van der Waals surface area (Å²) in [5.74, 6) is 0. The molecule has 174 valence electrons. The Balaban J connectivity index is 1.36. The van der Waals surface area contributed by atoms with Gasteiger partial charge < -0.3 is 19.9 Å². The molecule has 4 aromatic rings. The van der Waals surface area contributed by atoms with E-state index in [4.69, 9.17) is 26.9 Å². The van der Waals surface area contributed by atoms with Crippen LogP contribution in [0.4, 0.5) is 10.5 Å². The van der Waals surface area contributed by atoms with Gasteiger partial charge in [0, 0.05) is 31.9 Å². The van der Waals surface area contributed by atoms with Gasteiger partial charge in [-0.25, -0.2) is 14.8 Å². The van der Waals surface area contributed by atoms with Crippen LogP contribution in [0, 0.1) is 0 Å². The molecular weight excluding hydrogens is 486 g/mol. The summed E-state index contributed by atoms with van der Waals surface area (Å²) in [5, 5.41) is 8.07. The monoisotopic (exact) mass is 509 g/mol. The number of fused-ring (bicyclic) bond motifs is 1. The smallest absolute Gasteiger partial charge is 0.409 e. The number of nitrogens with one attached hydrogen (secondary N) is 1. The van der Waals surface area contributed by atoms with E-state index in [0.717, 1.165) is 37.9 Å². The van der Waals surface area contributed by atoms with Gasteiger partial charge >= 0.3 is 6.09 Å². The van der Waals surface area contributed by atoms with Gasteiger partial charge in [-0.15, -0.1) is 22.7 Å². The lowest BCUT2D eigenvalue weighted by Crippen LogP contribution is -2.51. The Morgan fingerprint density at radius 3 is 2.18 bits per heavy atom. The topological polar surface area (TPSA) is 70.6 Å². The largest absolute Gasteiger partial charge is 0.450 e. The third-order valence-electron chi connectivity index (χ3n) is 5.52. The van der Waals surface area contributed by atoms with Gasteiger partial charge in [-0.2, -0.15) is 0 Å². The first-order valence-electron chi connectivity index (χ1n) is 11.0. The Morgan fingerprint density at radius 1 is 0.971 bits per heavy atom. The molecule has 0 saturated carbocycles. The molecule has 10 heteroatoms. The van der Waals surface area contributed by atoms with Crippen LogP contribution in [0.2, 0.25) is 0 Å². The number of thiocarbonyl (C=S) groups is 1. The quantitative estimate of drug-likeness (QED) is 0.361. The predicted molar refractivity (Wildman–Crippen MR) is 143 cm³/mol. The van der Waals surface area contributed by atoms with E-state index in [9.17, 15) is 4.79 Å². The van der Waals surface area contributed by atoms with Crippen molar-refractivity contribution in [2.24, 2.45) is 0 Å². The number of ether oxygens (including phenoxy) is 1. The normalized spacial score (nSPS) is 13.8. The molecule has 0 bridgehead atoms. The van der Waals surface area contributed by atoms with Gasteiger partial charge in [0.15, 0.2) is 5.11 Å². The average molecular weight is 510 g/mol. The number of hydrogen-bond donors (Lipinski definition) is 1. The van der Waals surface area contributed by atoms with Crippen molar-refractivity contribution in [2.45, 2.75) is 6.92 Å². The molecule has 4 heterocycles. The number of rotatable bonds is 4. The van der Waals surface area contributed by atoms with Crippen LogP contribution in [-0.2, 0) is 4.74 Å². The van der Waals surface area contributed by atoms with Crippen LogP contribution in [0.15, 0.2) is 53.2 Å². The number of thiophene rings is 2. The second-order valence-corrected chi connectivity index (χ2v) is 9.96. The molecule has 5 rings (SSSR count). The second-order valence-electron chi connectivity index (χ2n) is 7.68. The SMILES string of the molecule is CCOC(=O)N1CCN(C(=S)Nc2ccc3nc(-c4cccs4)c(-c4cccs4)nc3c2)CC1. The van der Waals surface area contributed by atoms with E-state index in [2.05, 4.69) is 33.1 Å². The maximum absolute atomic E-state index is 11.9. The fourth-order valence-corrected chi connectivity index (χ4v) is 5.54. The number of nitrogens with zero attached hydrogens (tertiary/aromatic N) is 4. The summed E-state index contributed by atoms with van der Waals surface area (Å²) in [7, 11) is 0. The van der Waals surface area contributed by atoms with Crippen molar-refractivity contribution in [3.05, 3.63) is 53.2 Å². The van der Waals surface area contributed by atoms with E-state index in [1.54, 1.807) is 27.6 Å². The molecule has 1 amide bonds. The summed E-state index contributed by atoms with van der Waals surface area (Å²) in [5.41, 5.74) is 4.30. The molecule has 1 aromatic carbocycles. The third-order valence-corrected chi connectivity index (χ3v) is 7.63. The Morgan fingerprint density at radius 2 is 1.59 bits per heavy atom. The molecule has 0 aliphatic carbocycles. The Kier molecular flexibility index (Phi) is 6.70. The van der Waals surface area contributed by atoms with Crippen LogP contribution >= 0.6 is 34.9 Å². The Labute approximate surface area is 211 Å². The van der Waals surface area contributed by atoms with Crippen molar-refractivity contribution in [3.8, 4) is 21.1 Å². The van der Waals surface area contributed by atoms with Gasteiger partial charge in [0.05, 0.1) is 27.4 Å². The standard InChI is InChI=1S/C24H23N5O2S3/c1-2-31-24(30)29-11-9-28(10-12-29)23(32)25-16-7-8-17-18(15-16)27-22(20-6-4-14-34-20)21(26-17)19-5-3-13-33-19/h3-8,13-15H,2,9-12H2,1H3,(H,25,32). The molecule has 1 N–H and O–H groups in total. The van der Waals surface area contributed by atoms with Gasteiger partial charge in [-0.1, -0.05) is 12.1 Å². The number of benzene rings is 1. The first kappa shape index (κ1) is 22.7. The predicted octanol–water partition coefficient (Wildman–Crippen LogP) is 5.56. The van der Waals surface area contributed by atoms with E-state index in [1.165, 1.54) is 0 Å². The molecule has 1 aliphatic heterocycles. The Bertz CT molecular complexity index is 1300. The fraction of sp³-hybridized carbons (Fsp3) is 0.250. The van der Waals surface area contributed by atoms with Gasteiger partial charge in [-0.3, -0.25) is 0 Å². The van der Waals surface area contributed by atoms with Crippen molar-refractivity contribution in [2.75, 3.05) is 38.1 Å². The highest BCUT2D eigenvalue weighted by atomic mass is 32.1. The Hall–Kier alpha value is -3.08. The molecule has 3 aromatic heterocycles. The minimum absolute atomic E-state index is 0.266. The van der Waals surface area contributed by atoms with E-state index in [0.29, 0.717) is 37.9 Å². The lowest BCUT2D eigenvalue weighted by molar-refractivity contribution is 0.0923. The van der Waals surface area contributed by atoms with Crippen molar-refractivity contribution in [1.82, 2.24) is 19.8 Å². The summed E-state index contributed by atoms with van der Waals surface area (Å²) in [4.78, 5) is 27.9. The van der Waals surface area contributed by atoms with Gasteiger partial charge in [0.25, 0.3) is 0 Å². The highest BCUT2D eigenvalue weighted by molar-refractivity contribution is 7.80. The summed E-state index contributed by atoms with van der Waals surface area (Å²) < 4.78 is 5.09. The number of anilines is 1. The van der Waals surface area contributed by atoms with Gasteiger partial charge in [0.2, 0.25) is 0 Å². The fourth-order valence-electron chi connectivity index (χ4n) is 3.81. The van der Waals surface area contributed by atoms with Gasteiger partial charge in [-0.05, 0) is 60.2 Å². The first-order valence-corrected chi connectivity index (χ1v) is 13.2. The summed E-state index contributed by atoms with van der Waals surface area (Å²) in [6, 6.07) is 14.1. The maximum Gasteiger partial charge on any atom is 0.409 e. The molecule has 0 atom stereocenters. The first-order chi connectivity index (χ1) is 16.6. The molecule has 1 fully saturated rings. The number of aromatic nitrogens is 2. The van der Waals surface area contributed by atoms with Crippen LogP contribution < -0.4 is 5.32 Å². The molecular formula is C24H23N5O2S3. The van der Waals surface area contributed by atoms with Crippen molar-refractivity contribution >= 4 is 62.8 Å². The highest BCUT2D eigenvalue weighted by Crippen LogP contribution is 2.35. The molecule has 0 unspecified atom stereocenters. The highest BCUT2D eigenvalue weighted by Gasteiger charge is 2.23. The van der Waals surface area contributed by atoms with Gasteiger partial charge in [0.1, 0.15) is 11.4 Å². The second kappa shape index (κ2) is 10.0. The summed E-state index contributed by atoms with van der Waals surface area (Å²) >= 11 is 8.97. The number of piperazine rings is 1. The molecule has 0 spiro atoms. The van der Waals surface area contributed by atoms with Crippen molar-refractivity contribution in [3.63, 3.8) is 0 Å². The third kappa shape index (κ3) is 4.75. The summed E-state index contributed by atoms with van der Waals surface area (Å²) in [6.07, 6.45) is -0.266. The zero-order valence-electron chi connectivity index (χ0n) is 18.6. The molecule has 34 heavy (non-hydrogen) atoms. The van der Waals surface area contributed by atoms with Crippen LogP contribution in [0.1, 0.15) is 6.92 Å². The molecule has 1 aliphatic rings. The van der Waals surface area contributed by atoms with E-state index < -0.39 is 0 Å². The molecule has 0 radical (unpaired) electrons. The minimum atomic E-state index is -0.266. The average Bonchev–Trinajstić information content (AvgIpc) is 3.58. The van der Waals surface area contributed by atoms with Crippen molar-refractivity contribution in [1.29, 1.82) is 0 Å². The molecule has 7 nitrogen and oxygen atoms in total. The minimum Gasteiger partial charge on any atom is -0.450 e. The van der Waals surface area contributed by atoms with Crippen molar-refractivity contribution < 1.29 is 9.53 Å². The van der Waals surface area contributed by atoms with E-state index in [1.807, 2.05) is 37.3 Å². The van der Waals surface area contributed by atoms with Crippen LogP contribution in [0.3, 0.4) is 0 Å². The molecule has 1 saturated heterocycles. The number of hydrogen-bond acceptors (Lipinski definition) is 7. The van der Waals surface area contributed by atoms with E-state index >= 15 is 0 Å². The lowest BCUT2D eigenvalue weighted by atomic mass is 10.2. The van der Waals surface area contributed by atoms with Crippen LogP contribution in [-0.4, -0.2) is 63.8 Å². The zero-order chi connectivity index (χ0) is 23.5. The zero-order valence-corrected chi connectivity index (χ0v) is 21.0. The number of carbonyl (C=O) groups excluding carboxylic acids is 1. The lowest BCUT2D eigenvalue weighted by Gasteiger charge is -2.35. The van der Waals surface area contributed by atoms with E-state index in [-0.39, 0.29) is 6.09 Å². The van der Waals surface area contributed by atoms with Crippen LogP contribution in [0.25, 0.3) is 32.2 Å². The number of carbonyl (C=O) groups is 1.